The van der Waals surface area contributed by atoms with Crippen molar-refractivity contribution >= 4 is 23.2 Å². The molecule has 2 amide bonds. The van der Waals surface area contributed by atoms with Crippen molar-refractivity contribution in [3.63, 3.8) is 0 Å². The Labute approximate surface area is 148 Å². The molecule has 0 fully saturated rings. The molecular weight excluding hydrogens is 330 g/mol. The van der Waals surface area contributed by atoms with Gasteiger partial charge >= 0.3 is 0 Å². The van der Waals surface area contributed by atoms with Crippen LogP contribution in [0.5, 0.6) is 0 Å². The number of nitrogens with one attached hydrogen (secondary N) is 1. The Bertz CT molecular complexity index is 1030. The minimum absolute atomic E-state index is 0.177. The smallest absolute Gasteiger partial charge is 0.266 e. The van der Waals surface area contributed by atoms with Crippen molar-refractivity contribution in [2.45, 2.75) is 0 Å². The second kappa shape index (κ2) is 6.60. The second-order valence-corrected chi connectivity index (χ2v) is 5.25. The molecule has 0 unspecified atom stereocenters. The van der Waals surface area contributed by atoms with E-state index in [1.807, 2.05) is 0 Å². The first-order valence-electron chi connectivity index (χ1n) is 7.40. The van der Waals surface area contributed by atoms with Gasteiger partial charge in [-0.15, -0.1) is 0 Å². The lowest BCUT2D eigenvalue weighted by Crippen LogP contribution is -2.29. The third-order valence-electron chi connectivity index (χ3n) is 3.77. The summed E-state index contributed by atoms with van der Waals surface area (Å²) in [7, 11) is 0. The number of nitriles is 3. The number of carbonyl (C=O) groups is 2. The Morgan fingerprint density at radius 2 is 1.35 bits per heavy atom. The standard InChI is InChI=1S/C19H9N5O2/c20-9-12(10-21)17(11-22)23-13-5-7-14(8-6-13)24-18(25)15-3-1-2-4-16(15)19(24)26/h1-8,23H. The molecule has 0 aliphatic carbocycles. The largest absolute Gasteiger partial charge is 0.345 e. The minimum Gasteiger partial charge on any atom is -0.345 e. The summed E-state index contributed by atoms with van der Waals surface area (Å²) in [6, 6.07) is 17.8. The van der Waals surface area contributed by atoms with Crippen LogP contribution in [0.3, 0.4) is 0 Å². The molecule has 2 aromatic carbocycles. The van der Waals surface area contributed by atoms with Crippen molar-refractivity contribution in [1.82, 2.24) is 0 Å². The highest BCUT2D eigenvalue weighted by atomic mass is 16.2. The number of rotatable bonds is 3. The fourth-order valence-electron chi connectivity index (χ4n) is 2.55. The fraction of sp³-hybridized carbons (Fsp3) is 0. The number of anilines is 2. The Kier molecular flexibility index (Phi) is 4.18. The minimum atomic E-state index is -0.403. The molecule has 0 saturated heterocycles. The molecule has 2 aromatic rings. The highest BCUT2D eigenvalue weighted by molar-refractivity contribution is 6.34. The number of carbonyl (C=O) groups excluding carboxylic acids is 2. The van der Waals surface area contributed by atoms with Gasteiger partial charge in [0.2, 0.25) is 0 Å². The van der Waals surface area contributed by atoms with E-state index in [-0.39, 0.29) is 11.3 Å². The zero-order chi connectivity index (χ0) is 18.7. The maximum atomic E-state index is 12.5. The Morgan fingerprint density at radius 3 is 1.81 bits per heavy atom. The quantitative estimate of drug-likeness (QED) is 0.678. The third kappa shape index (κ3) is 2.65. The molecule has 122 valence electrons. The number of amides is 2. The van der Waals surface area contributed by atoms with E-state index in [1.54, 1.807) is 54.6 Å². The number of benzene rings is 2. The van der Waals surface area contributed by atoms with Gasteiger partial charge in [0.15, 0.2) is 5.57 Å². The van der Waals surface area contributed by atoms with E-state index < -0.39 is 11.8 Å². The van der Waals surface area contributed by atoms with Crippen molar-refractivity contribution in [3.8, 4) is 18.2 Å². The number of hydrogen-bond donors (Lipinski definition) is 1. The maximum Gasteiger partial charge on any atom is 0.266 e. The van der Waals surface area contributed by atoms with Crippen LogP contribution in [0, 0.1) is 34.0 Å². The molecule has 0 aromatic heterocycles. The number of fused-ring (bicyclic) bond motifs is 1. The Balaban J connectivity index is 1.89. The molecule has 7 heteroatoms. The van der Waals surface area contributed by atoms with Crippen molar-refractivity contribution in [3.05, 3.63) is 70.9 Å². The molecule has 0 atom stereocenters. The SMILES string of the molecule is N#CC(C#N)=C(C#N)Nc1ccc(N2C(=O)c3ccccc3C2=O)cc1. The number of hydrogen-bond acceptors (Lipinski definition) is 6. The Hall–Kier alpha value is -4.41. The molecule has 1 aliphatic heterocycles. The molecule has 26 heavy (non-hydrogen) atoms. The molecule has 0 saturated carbocycles. The van der Waals surface area contributed by atoms with E-state index in [9.17, 15) is 9.59 Å². The van der Waals surface area contributed by atoms with Crippen LogP contribution in [0.1, 0.15) is 20.7 Å². The van der Waals surface area contributed by atoms with Gasteiger partial charge in [-0.2, -0.15) is 15.8 Å². The van der Waals surface area contributed by atoms with Gasteiger partial charge in [-0.1, -0.05) is 12.1 Å². The van der Waals surface area contributed by atoms with E-state index in [4.69, 9.17) is 15.8 Å². The number of nitrogens with zero attached hydrogens (tertiary/aromatic N) is 4. The molecule has 3 rings (SSSR count). The van der Waals surface area contributed by atoms with Gasteiger partial charge in [0.25, 0.3) is 11.8 Å². The van der Waals surface area contributed by atoms with Gasteiger partial charge in [0, 0.05) is 5.69 Å². The highest BCUT2D eigenvalue weighted by Gasteiger charge is 2.36. The molecule has 1 heterocycles. The normalized spacial score (nSPS) is 11.8. The zero-order valence-corrected chi connectivity index (χ0v) is 13.2. The van der Waals surface area contributed by atoms with E-state index in [0.29, 0.717) is 22.5 Å². The maximum absolute atomic E-state index is 12.5. The van der Waals surface area contributed by atoms with E-state index in [2.05, 4.69) is 5.32 Å². The van der Waals surface area contributed by atoms with E-state index >= 15 is 0 Å². The van der Waals surface area contributed by atoms with Crippen molar-refractivity contribution in [2.24, 2.45) is 0 Å². The summed E-state index contributed by atoms with van der Waals surface area (Å²) in [6.07, 6.45) is 0. The summed E-state index contributed by atoms with van der Waals surface area (Å²) in [4.78, 5) is 26.0. The first-order valence-corrected chi connectivity index (χ1v) is 7.40. The van der Waals surface area contributed by atoms with Crippen LogP contribution in [-0.2, 0) is 0 Å². The average Bonchev–Trinajstić information content (AvgIpc) is 2.93. The summed E-state index contributed by atoms with van der Waals surface area (Å²) in [5, 5.41) is 29.4. The summed E-state index contributed by atoms with van der Waals surface area (Å²) in [5.41, 5.74) is 1.000. The van der Waals surface area contributed by atoms with Crippen LogP contribution in [-0.4, -0.2) is 11.8 Å². The lowest BCUT2D eigenvalue weighted by Gasteiger charge is -2.14. The summed E-state index contributed by atoms with van der Waals surface area (Å²) < 4.78 is 0. The van der Waals surface area contributed by atoms with Gasteiger partial charge < -0.3 is 5.32 Å². The van der Waals surface area contributed by atoms with E-state index in [1.165, 1.54) is 12.1 Å². The first-order chi connectivity index (χ1) is 12.6. The summed E-state index contributed by atoms with van der Waals surface area (Å²) >= 11 is 0. The van der Waals surface area contributed by atoms with Gasteiger partial charge in [-0.25, -0.2) is 4.90 Å². The van der Waals surface area contributed by atoms with Crippen molar-refractivity contribution in [1.29, 1.82) is 15.8 Å². The number of imide groups is 1. The zero-order valence-electron chi connectivity index (χ0n) is 13.2. The molecule has 0 radical (unpaired) electrons. The summed E-state index contributed by atoms with van der Waals surface area (Å²) in [6.45, 7) is 0. The monoisotopic (exact) mass is 339 g/mol. The average molecular weight is 339 g/mol. The molecule has 0 spiro atoms. The number of allylic oxidation sites excluding steroid dienone is 2. The predicted molar refractivity (Wildman–Crippen MR) is 91.5 cm³/mol. The fourth-order valence-corrected chi connectivity index (χ4v) is 2.55. The van der Waals surface area contributed by atoms with Crippen LogP contribution in [0.15, 0.2) is 59.8 Å². The molecule has 0 bridgehead atoms. The van der Waals surface area contributed by atoms with Gasteiger partial charge in [0.1, 0.15) is 23.9 Å². The second-order valence-electron chi connectivity index (χ2n) is 5.25. The van der Waals surface area contributed by atoms with Crippen LogP contribution >= 0.6 is 0 Å². The molecule has 1 N–H and O–H groups in total. The van der Waals surface area contributed by atoms with Crippen LogP contribution in [0.2, 0.25) is 0 Å². The highest BCUT2D eigenvalue weighted by Crippen LogP contribution is 2.29. The van der Waals surface area contributed by atoms with Crippen molar-refractivity contribution < 1.29 is 9.59 Å². The van der Waals surface area contributed by atoms with Crippen LogP contribution in [0.25, 0.3) is 0 Å². The lowest BCUT2D eigenvalue weighted by atomic mass is 10.1. The van der Waals surface area contributed by atoms with Crippen LogP contribution in [0.4, 0.5) is 11.4 Å². The topological polar surface area (TPSA) is 121 Å². The van der Waals surface area contributed by atoms with Gasteiger partial charge in [-0.3, -0.25) is 9.59 Å². The third-order valence-corrected chi connectivity index (χ3v) is 3.77. The Morgan fingerprint density at radius 1 is 0.808 bits per heavy atom. The van der Waals surface area contributed by atoms with Gasteiger partial charge in [-0.05, 0) is 36.4 Å². The lowest BCUT2D eigenvalue weighted by molar-refractivity contribution is 0.0926. The molecule has 1 aliphatic rings. The molecular formula is C19H9N5O2. The van der Waals surface area contributed by atoms with E-state index in [0.717, 1.165) is 4.90 Å². The predicted octanol–water partition coefficient (Wildman–Crippen LogP) is 2.72. The molecule has 7 nitrogen and oxygen atoms in total. The van der Waals surface area contributed by atoms with Crippen molar-refractivity contribution in [2.75, 3.05) is 10.2 Å². The van der Waals surface area contributed by atoms with Gasteiger partial charge in [0.05, 0.1) is 16.8 Å². The van der Waals surface area contributed by atoms with Crippen LogP contribution < -0.4 is 10.2 Å². The first kappa shape index (κ1) is 16.4. The summed E-state index contributed by atoms with van der Waals surface area (Å²) in [5.74, 6) is -0.805.